The average molecular weight is 588 g/mol. The third-order valence-electron chi connectivity index (χ3n) is 6.74. The van der Waals surface area contributed by atoms with E-state index in [2.05, 4.69) is 5.32 Å². The van der Waals surface area contributed by atoms with Crippen LogP contribution in [0.5, 0.6) is 0 Å². The lowest BCUT2D eigenvalue weighted by Gasteiger charge is -2.34. The zero-order valence-corrected chi connectivity index (χ0v) is 24.7. The van der Waals surface area contributed by atoms with E-state index in [1.54, 1.807) is 0 Å². The Hall–Kier alpha value is -3.43. The summed E-state index contributed by atoms with van der Waals surface area (Å²) in [5, 5.41) is 2.72. The summed E-state index contributed by atoms with van der Waals surface area (Å²) in [7, 11) is -3.98. The molecule has 3 aromatic carbocycles. The molecule has 0 heterocycles. The predicted molar refractivity (Wildman–Crippen MR) is 157 cm³/mol. The second-order valence-corrected chi connectivity index (χ2v) is 12.2. The van der Waals surface area contributed by atoms with Crippen LogP contribution in [0.1, 0.15) is 37.0 Å². The van der Waals surface area contributed by atoms with Gasteiger partial charge in [-0.2, -0.15) is 0 Å². The van der Waals surface area contributed by atoms with E-state index in [0.717, 1.165) is 39.4 Å². The summed E-state index contributed by atoms with van der Waals surface area (Å²) in [6, 6.07) is 19.2. The van der Waals surface area contributed by atoms with Gasteiger partial charge in [0.05, 0.1) is 17.0 Å². The number of rotatable bonds is 12. The Bertz CT molecular complexity index is 1440. The van der Waals surface area contributed by atoms with Crippen molar-refractivity contribution < 1.29 is 22.4 Å². The fraction of sp³-hybridized carbons (Fsp3) is 0.333. The number of amides is 2. The molecule has 2 atom stereocenters. The van der Waals surface area contributed by atoms with Crippen molar-refractivity contribution in [3.8, 4) is 0 Å². The van der Waals surface area contributed by atoms with Gasteiger partial charge in [0.2, 0.25) is 21.8 Å². The lowest BCUT2D eigenvalue weighted by molar-refractivity contribution is -0.140. The van der Waals surface area contributed by atoms with E-state index in [-0.39, 0.29) is 35.6 Å². The van der Waals surface area contributed by atoms with Crippen LogP contribution in [0.3, 0.4) is 0 Å². The second kappa shape index (κ2) is 13.8. The van der Waals surface area contributed by atoms with Crippen LogP contribution in [0.2, 0.25) is 5.02 Å². The molecule has 0 spiro atoms. The molecule has 40 heavy (non-hydrogen) atoms. The predicted octanol–water partition coefficient (Wildman–Crippen LogP) is 5.11. The molecule has 0 bridgehead atoms. The number of aryl methyl sites for hydroxylation is 1. The molecule has 0 aromatic heterocycles. The molecular weight excluding hydrogens is 553 g/mol. The van der Waals surface area contributed by atoms with Crippen LogP contribution in [0.4, 0.5) is 10.1 Å². The second-order valence-electron chi connectivity index (χ2n) is 9.84. The maximum Gasteiger partial charge on any atom is 0.244 e. The normalized spacial score (nSPS) is 12.8. The highest BCUT2D eigenvalue weighted by Crippen LogP contribution is 2.25. The molecule has 3 aromatic rings. The Labute approximate surface area is 241 Å². The number of hydrogen-bond acceptors (Lipinski definition) is 4. The van der Waals surface area contributed by atoms with Crippen LogP contribution >= 0.6 is 11.6 Å². The smallest absolute Gasteiger partial charge is 0.244 e. The quantitative estimate of drug-likeness (QED) is 0.319. The number of sulfonamides is 1. The fourth-order valence-corrected chi connectivity index (χ4v) is 5.24. The van der Waals surface area contributed by atoms with Crippen molar-refractivity contribution in [2.24, 2.45) is 0 Å². The lowest BCUT2D eigenvalue weighted by atomic mass is 10.0. The van der Waals surface area contributed by atoms with Crippen molar-refractivity contribution in [2.75, 3.05) is 17.1 Å². The van der Waals surface area contributed by atoms with Crippen molar-refractivity contribution in [3.63, 3.8) is 0 Å². The Morgan fingerprint density at radius 1 is 1.02 bits per heavy atom. The van der Waals surface area contributed by atoms with Crippen molar-refractivity contribution in [2.45, 2.75) is 52.2 Å². The molecular formula is C30H35ClFN3O4S. The summed E-state index contributed by atoms with van der Waals surface area (Å²) in [6.45, 7) is 5.22. The summed E-state index contributed by atoms with van der Waals surface area (Å²) in [5.41, 5.74) is 2.63. The molecule has 0 saturated heterocycles. The summed E-state index contributed by atoms with van der Waals surface area (Å²) < 4.78 is 40.4. The molecule has 0 unspecified atom stereocenters. The highest BCUT2D eigenvalue weighted by molar-refractivity contribution is 7.92. The molecule has 0 radical (unpaired) electrons. The van der Waals surface area contributed by atoms with Gasteiger partial charge in [-0.15, -0.1) is 0 Å². The van der Waals surface area contributed by atoms with Crippen LogP contribution in [0.15, 0.2) is 72.8 Å². The summed E-state index contributed by atoms with van der Waals surface area (Å²) in [4.78, 5) is 29.2. The third-order valence-corrected chi connectivity index (χ3v) is 8.17. The third kappa shape index (κ3) is 8.29. The van der Waals surface area contributed by atoms with E-state index in [0.29, 0.717) is 6.42 Å². The summed E-state index contributed by atoms with van der Waals surface area (Å²) in [5.74, 6) is -1.64. The van der Waals surface area contributed by atoms with E-state index in [4.69, 9.17) is 11.6 Å². The van der Waals surface area contributed by atoms with Gasteiger partial charge in [-0.3, -0.25) is 13.9 Å². The van der Waals surface area contributed by atoms with Crippen molar-refractivity contribution in [1.29, 1.82) is 0 Å². The number of benzene rings is 3. The first-order chi connectivity index (χ1) is 18.9. The van der Waals surface area contributed by atoms with E-state index < -0.39 is 34.3 Å². The summed E-state index contributed by atoms with van der Waals surface area (Å²) in [6.07, 6.45) is 1.88. The van der Waals surface area contributed by atoms with E-state index in [9.17, 15) is 22.4 Å². The van der Waals surface area contributed by atoms with Gasteiger partial charge in [0.15, 0.2) is 0 Å². The fourth-order valence-electron chi connectivity index (χ4n) is 4.22. The Balaban J connectivity index is 2.08. The van der Waals surface area contributed by atoms with Crippen LogP contribution in [-0.4, -0.2) is 50.0 Å². The molecule has 1 N–H and O–H groups in total. The van der Waals surface area contributed by atoms with Crippen LogP contribution in [0, 0.1) is 12.7 Å². The molecule has 0 aliphatic rings. The molecule has 3 rings (SSSR count). The Morgan fingerprint density at radius 2 is 1.68 bits per heavy atom. The Morgan fingerprint density at radius 3 is 2.27 bits per heavy atom. The maximum atomic E-state index is 14.1. The van der Waals surface area contributed by atoms with Gasteiger partial charge in [-0.1, -0.05) is 73.1 Å². The molecule has 0 aliphatic carbocycles. The highest BCUT2D eigenvalue weighted by atomic mass is 35.5. The minimum atomic E-state index is -3.98. The van der Waals surface area contributed by atoms with Gasteiger partial charge in [-0.05, 0) is 55.2 Å². The van der Waals surface area contributed by atoms with Crippen molar-refractivity contribution in [3.05, 3.63) is 100 Å². The van der Waals surface area contributed by atoms with Crippen molar-refractivity contribution >= 4 is 39.1 Å². The first kappa shape index (κ1) is 31.1. The van der Waals surface area contributed by atoms with Gasteiger partial charge < -0.3 is 10.2 Å². The maximum absolute atomic E-state index is 14.1. The average Bonchev–Trinajstić information content (AvgIpc) is 2.91. The topological polar surface area (TPSA) is 86.8 Å². The minimum Gasteiger partial charge on any atom is -0.352 e. The molecule has 7 nitrogen and oxygen atoms in total. The number of hydrogen-bond donors (Lipinski definition) is 1. The van der Waals surface area contributed by atoms with Crippen LogP contribution < -0.4 is 9.62 Å². The van der Waals surface area contributed by atoms with E-state index in [1.807, 2.05) is 75.4 Å². The molecule has 10 heteroatoms. The van der Waals surface area contributed by atoms with Gasteiger partial charge in [-0.25, -0.2) is 12.8 Å². The van der Waals surface area contributed by atoms with Crippen LogP contribution in [0.25, 0.3) is 0 Å². The zero-order valence-electron chi connectivity index (χ0n) is 23.1. The van der Waals surface area contributed by atoms with E-state index >= 15 is 0 Å². The van der Waals surface area contributed by atoms with Gasteiger partial charge in [0, 0.05) is 19.0 Å². The zero-order chi connectivity index (χ0) is 29.4. The number of halogens is 2. The largest absolute Gasteiger partial charge is 0.352 e. The monoisotopic (exact) mass is 587 g/mol. The number of carbonyl (C=O) groups excluding carboxylic acids is 2. The van der Waals surface area contributed by atoms with Crippen molar-refractivity contribution in [1.82, 2.24) is 10.2 Å². The van der Waals surface area contributed by atoms with Crippen LogP contribution in [-0.2, 0) is 32.6 Å². The molecule has 214 valence electrons. The Kier molecular flexibility index (Phi) is 10.7. The molecule has 2 amide bonds. The summed E-state index contributed by atoms with van der Waals surface area (Å²) >= 11 is 5.93. The minimum absolute atomic E-state index is 0.0433. The van der Waals surface area contributed by atoms with Gasteiger partial charge >= 0.3 is 0 Å². The number of nitrogens with one attached hydrogen (secondary N) is 1. The molecule has 0 aliphatic heterocycles. The molecule has 0 fully saturated rings. The first-order valence-corrected chi connectivity index (χ1v) is 15.2. The number of nitrogens with zero attached hydrogens (tertiary/aromatic N) is 2. The number of anilines is 1. The van der Waals surface area contributed by atoms with Gasteiger partial charge in [0.25, 0.3) is 0 Å². The SMILES string of the molecule is CC[C@@H](C)NC(=O)[C@H](Cc1ccccc1)N(Cc1ccccc1C)C(=O)CN(c1ccc(F)c(Cl)c1)S(C)(=O)=O. The standard InChI is InChI=1S/C30H35ClFN3O4S/c1-5-22(3)33-30(37)28(17-23-12-7-6-8-13-23)34(19-24-14-10-9-11-21(24)2)29(36)20-35(40(4,38)39)25-15-16-27(32)26(31)18-25/h6-16,18,22,28H,5,17,19-20H2,1-4H3,(H,33,37)/t22-,28+/m1/s1. The van der Waals surface area contributed by atoms with E-state index in [1.165, 1.54) is 11.0 Å². The molecule has 0 saturated carbocycles. The number of carbonyl (C=O) groups is 2. The highest BCUT2D eigenvalue weighted by Gasteiger charge is 2.33. The lowest BCUT2D eigenvalue weighted by Crippen LogP contribution is -2.54. The van der Waals surface area contributed by atoms with Gasteiger partial charge in [0.1, 0.15) is 18.4 Å². The first-order valence-electron chi connectivity index (χ1n) is 13.0.